The number of anilines is 1. The van der Waals surface area contributed by atoms with Crippen LogP contribution in [-0.2, 0) is 21.9 Å². The van der Waals surface area contributed by atoms with Gasteiger partial charge < -0.3 is 14.8 Å². The van der Waals surface area contributed by atoms with E-state index in [1.54, 1.807) is 28.9 Å². The van der Waals surface area contributed by atoms with Crippen LogP contribution in [0.2, 0.25) is 10.0 Å². The Morgan fingerprint density at radius 1 is 1.07 bits per heavy atom. The van der Waals surface area contributed by atoms with Gasteiger partial charge in [0.1, 0.15) is 24.2 Å². The van der Waals surface area contributed by atoms with Gasteiger partial charge in [-0.25, -0.2) is 13.9 Å². The van der Waals surface area contributed by atoms with E-state index in [9.17, 15) is 9.18 Å². The molecule has 218 valence electrons. The molecular weight excluding hydrogens is 598 g/mol. The summed E-state index contributed by atoms with van der Waals surface area (Å²) >= 11 is 13.9. The number of aromatic nitrogens is 3. The first-order chi connectivity index (χ1) is 20.4. The molecule has 2 heterocycles. The Morgan fingerprint density at radius 2 is 1.83 bits per heavy atom. The Kier molecular flexibility index (Phi) is 9.72. The first-order valence-electron chi connectivity index (χ1n) is 13.5. The number of allylic oxidation sites excluding steroid dienone is 1. The molecule has 0 saturated carbocycles. The quantitative estimate of drug-likeness (QED) is 0.102. The highest BCUT2D eigenvalue weighted by Gasteiger charge is 2.35. The van der Waals surface area contributed by atoms with Gasteiger partial charge >= 0.3 is 5.97 Å². The molecule has 42 heavy (non-hydrogen) atoms. The van der Waals surface area contributed by atoms with Crippen molar-refractivity contribution in [2.24, 2.45) is 0 Å². The fourth-order valence-corrected chi connectivity index (χ4v) is 5.81. The molecule has 5 rings (SSSR count). The number of carbonyl (C=O) groups is 1. The highest BCUT2D eigenvalue weighted by molar-refractivity contribution is 7.98. The van der Waals surface area contributed by atoms with Crippen LogP contribution in [-0.4, -0.2) is 27.3 Å². The molecule has 0 spiro atoms. The topological polar surface area (TPSA) is 78.3 Å². The summed E-state index contributed by atoms with van der Waals surface area (Å²) in [5.74, 6) is 0.778. The molecule has 0 aliphatic carbocycles. The number of fused-ring (bicyclic) bond motifs is 1. The lowest BCUT2D eigenvalue weighted by Crippen LogP contribution is -2.29. The third-order valence-corrected chi connectivity index (χ3v) is 8.35. The first kappa shape index (κ1) is 29.9. The lowest BCUT2D eigenvalue weighted by atomic mass is 9.96. The number of rotatable bonds is 11. The molecule has 1 N–H and O–H groups in total. The van der Waals surface area contributed by atoms with E-state index in [0.717, 1.165) is 24.0 Å². The van der Waals surface area contributed by atoms with E-state index in [4.69, 9.17) is 37.8 Å². The number of thioether (sulfide) groups is 1. The standard InChI is InChI=1S/C31H29Cl2FN4O3S/c1-3-4-16-40-29(39)27-19(2)35-30-36-31(42-18-21-8-5-6-9-24(21)32)37-38(30)28(27)20-12-14-22(15-13-20)41-17-23-25(33)10-7-11-26(23)34/h5-15,28H,3-4,16-18H2,1-2H3,(H,35,36,37). The highest BCUT2D eigenvalue weighted by atomic mass is 35.5. The van der Waals surface area contributed by atoms with E-state index in [2.05, 4.69) is 10.3 Å². The van der Waals surface area contributed by atoms with Crippen molar-refractivity contribution in [1.82, 2.24) is 14.8 Å². The minimum absolute atomic E-state index is 0.0224. The maximum Gasteiger partial charge on any atom is 0.338 e. The van der Waals surface area contributed by atoms with Gasteiger partial charge in [0.05, 0.1) is 17.2 Å². The zero-order chi connectivity index (χ0) is 29.6. The molecule has 1 aliphatic heterocycles. The Morgan fingerprint density at radius 3 is 2.57 bits per heavy atom. The van der Waals surface area contributed by atoms with Crippen molar-refractivity contribution in [2.45, 2.75) is 50.2 Å². The zero-order valence-electron chi connectivity index (χ0n) is 23.1. The minimum atomic E-state index is -0.590. The summed E-state index contributed by atoms with van der Waals surface area (Å²) in [6, 6.07) is 18.8. The van der Waals surface area contributed by atoms with Crippen LogP contribution in [0, 0.1) is 5.82 Å². The fourth-order valence-electron chi connectivity index (χ4n) is 4.48. The van der Waals surface area contributed by atoms with Gasteiger partial charge in [-0.3, -0.25) is 0 Å². The number of halogens is 3. The second-order valence-electron chi connectivity index (χ2n) is 9.66. The predicted molar refractivity (Wildman–Crippen MR) is 164 cm³/mol. The van der Waals surface area contributed by atoms with Crippen LogP contribution in [0.4, 0.5) is 10.3 Å². The molecule has 1 aliphatic rings. The summed E-state index contributed by atoms with van der Waals surface area (Å²) in [7, 11) is 0. The molecule has 0 radical (unpaired) electrons. The SMILES string of the molecule is CCCCOC(=O)C1=C(C)Nc2nc(SCc3ccccc3Cl)nn2C1c1ccc(OCc2c(F)cccc2Cl)cc1. The van der Waals surface area contributed by atoms with E-state index in [-0.39, 0.29) is 12.2 Å². The second-order valence-corrected chi connectivity index (χ2v) is 11.4. The zero-order valence-corrected chi connectivity index (χ0v) is 25.4. The Labute approximate surface area is 258 Å². The highest BCUT2D eigenvalue weighted by Crippen LogP contribution is 2.38. The van der Waals surface area contributed by atoms with Crippen LogP contribution in [0.15, 0.2) is 83.2 Å². The van der Waals surface area contributed by atoms with Gasteiger partial charge in [0.2, 0.25) is 11.1 Å². The van der Waals surface area contributed by atoms with E-state index in [1.807, 2.05) is 50.2 Å². The maximum absolute atomic E-state index is 14.2. The van der Waals surface area contributed by atoms with Crippen LogP contribution in [0.1, 0.15) is 49.4 Å². The molecule has 1 unspecified atom stereocenters. The largest absolute Gasteiger partial charge is 0.489 e. The normalized spacial score (nSPS) is 14.4. The van der Waals surface area contributed by atoms with Gasteiger partial charge in [0.15, 0.2) is 0 Å². The summed E-state index contributed by atoms with van der Waals surface area (Å²) in [6.07, 6.45) is 1.68. The lowest BCUT2D eigenvalue weighted by molar-refractivity contribution is -0.139. The molecule has 3 aromatic carbocycles. The van der Waals surface area contributed by atoms with Crippen molar-refractivity contribution in [3.8, 4) is 5.75 Å². The van der Waals surface area contributed by atoms with Gasteiger partial charge in [-0.1, -0.05) is 84.7 Å². The molecule has 11 heteroatoms. The van der Waals surface area contributed by atoms with E-state index < -0.39 is 17.8 Å². The van der Waals surface area contributed by atoms with E-state index in [0.29, 0.717) is 50.5 Å². The summed E-state index contributed by atoms with van der Waals surface area (Å²) in [6.45, 7) is 4.17. The van der Waals surface area contributed by atoms with Gasteiger partial charge in [0, 0.05) is 22.0 Å². The fraction of sp³-hybridized carbons (Fsp3) is 0.258. The summed E-state index contributed by atoms with van der Waals surface area (Å²) < 4.78 is 27.4. The number of unbranched alkanes of at least 4 members (excludes halogenated alkanes) is 1. The molecule has 4 aromatic rings. The third-order valence-electron chi connectivity index (χ3n) is 6.74. The number of hydrogen-bond donors (Lipinski definition) is 1. The van der Waals surface area contributed by atoms with Gasteiger partial charge in [0.25, 0.3) is 0 Å². The minimum Gasteiger partial charge on any atom is -0.489 e. The molecule has 1 aromatic heterocycles. The third kappa shape index (κ3) is 6.75. The predicted octanol–water partition coefficient (Wildman–Crippen LogP) is 8.23. The number of nitrogens with one attached hydrogen (secondary N) is 1. The Balaban J connectivity index is 1.42. The first-order valence-corrected chi connectivity index (χ1v) is 15.2. The molecule has 0 amide bonds. The molecule has 7 nitrogen and oxygen atoms in total. The summed E-state index contributed by atoms with van der Waals surface area (Å²) in [5, 5.41) is 9.52. The van der Waals surface area contributed by atoms with Crippen molar-refractivity contribution >= 4 is 46.9 Å². The van der Waals surface area contributed by atoms with Crippen LogP contribution in [0.25, 0.3) is 0 Å². The van der Waals surface area contributed by atoms with Crippen LogP contribution in [0.3, 0.4) is 0 Å². The smallest absolute Gasteiger partial charge is 0.338 e. The molecule has 0 bridgehead atoms. The van der Waals surface area contributed by atoms with E-state index >= 15 is 0 Å². The van der Waals surface area contributed by atoms with E-state index in [1.165, 1.54) is 17.8 Å². The second kappa shape index (κ2) is 13.6. The molecular formula is C31H29Cl2FN4O3S. The van der Waals surface area contributed by atoms with Gasteiger partial charge in [-0.15, -0.1) is 5.10 Å². The number of ether oxygens (including phenoxy) is 2. The monoisotopic (exact) mass is 626 g/mol. The molecule has 1 atom stereocenters. The van der Waals surface area contributed by atoms with Gasteiger partial charge in [-0.05, 0) is 54.8 Å². The van der Waals surface area contributed by atoms with Crippen molar-refractivity contribution in [3.05, 3.63) is 111 Å². The molecule has 0 saturated heterocycles. The Hall–Kier alpha value is -3.53. The summed E-state index contributed by atoms with van der Waals surface area (Å²) in [5.41, 5.74) is 3.12. The van der Waals surface area contributed by atoms with Crippen LogP contribution < -0.4 is 10.1 Å². The maximum atomic E-state index is 14.2. The number of nitrogens with zero attached hydrogens (tertiary/aromatic N) is 3. The number of esters is 1. The van der Waals surface area contributed by atoms with Crippen LogP contribution in [0.5, 0.6) is 5.75 Å². The van der Waals surface area contributed by atoms with Crippen LogP contribution >= 0.6 is 35.0 Å². The lowest BCUT2D eigenvalue weighted by Gasteiger charge is -2.28. The van der Waals surface area contributed by atoms with Crippen molar-refractivity contribution in [2.75, 3.05) is 11.9 Å². The number of benzene rings is 3. The number of carbonyl (C=O) groups excluding carboxylic acids is 1. The number of hydrogen-bond acceptors (Lipinski definition) is 7. The average molecular weight is 628 g/mol. The average Bonchev–Trinajstić information content (AvgIpc) is 3.38. The van der Waals surface area contributed by atoms with Crippen molar-refractivity contribution in [1.29, 1.82) is 0 Å². The Bertz CT molecular complexity index is 1590. The molecule has 0 fully saturated rings. The van der Waals surface area contributed by atoms with Gasteiger partial charge in [-0.2, -0.15) is 4.98 Å². The van der Waals surface area contributed by atoms with Crippen molar-refractivity contribution < 1.29 is 18.7 Å². The van der Waals surface area contributed by atoms with Crippen molar-refractivity contribution in [3.63, 3.8) is 0 Å². The summed E-state index contributed by atoms with van der Waals surface area (Å²) in [4.78, 5) is 18.0.